The van der Waals surface area contributed by atoms with Crippen LogP contribution in [0, 0.1) is 16.7 Å². The van der Waals surface area contributed by atoms with Crippen LogP contribution >= 0.6 is 0 Å². The molecule has 1 N–H and O–H groups in total. The summed E-state index contributed by atoms with van der Waals surface area (Å²) in [6.45, 7) is 6.59. The summed E-state index contributed by atoms with van der Waals surface area (Å²) in [5.74, 6) is -1.36. The molecular formula is C20H23F3O4. The molecule has 2 bridgehead atoms. The average Bonchev–Trinajstić information content (AvgIpc) is 2.88. The Balaban J connectivity index is 1.67. The molecule has 0 aromatic heterocycles. The fraction of sp³-hybridized carbons (Fsp3) is 0.550. The Kier molecular flexibility index (Phi) is 4.68. The molecule has 27 heavy (non-hydrogen) atoms. The van der Waals surface area contributed by atoms with Crippen molar-refractivity contribution in [2.75, 3.05) is 0 Å². The van der Waals surface area contributed by atoms with Crippen LogP contribution in [0.4, 0.5) is 13.2 Å². The van der Waals surface area contributed by atoms with Gasteiger partial charge in [-0.3, -0.25) is 0 Å². The average molecular weight is 384 g/mol. The summed E-state index contributed by atoms with van der Waals surface area (Å²) in [5, 5.41) is 9.46. The summed E-state index contributed by atoms with van der Waals surface area (Å²) in [6.07, 6.45) is 0.449. The molecule has 7 heteroatoms. The maximum absolute atomic E-state index is 12.3. The lowest BCUT2D eigenvalue weighted by atomic mass is 9.70. The largest absolute Gasteiger partial charge is 0.573 e. The zero-order chi connectivity index (χ0) is 20.0. The minimum absolute atomic E-state index is 0.0621. The van der Waals surface area contributed by atoms with Crippen LogP contribution in [0.25, 0.3) is 6.08 Å². The first-order valence-electron chi connectivity index (χ1n) is 8.90. The number of hydrogen-bond acceptors (Lipinski definition) is 4. The fourth-order valence-electron chi connectivity index (χ4n) is 4.49. The zero-order valence-electron chi connectivity index (χ0n) is 15.5. The van der Waals surface area contributed by atoms with E-state index in [9.17, 15) is 23.1 Å². The second-order valence-electron chi connectivity index (χ2n) is 8.14. The second-order valence-corrected chi connectivity index (χ2v) is 8.14. The van der Waals surface area contributed by atoms with E-state index in [1.165, 1.54) is 18.2 Å². The molecule has 0 amide bonds. The molecule has 0 aliphatic heterocycles. The van der Waals surface area contributed by atoms with E-state index in [-0.39, 0.29) is 22.5 Å². The highest BCUT2D eigenvalue weighted by molar-refractivity contribution is 5.87. The molecule has 0 heterocycles. The molecule has 3 atom stereocenters. The number of phenols is 1. The Morgan fingerprint density at radius 3 is 2.56 bits per heavy atom. The van der Waals surface area contributed by atoms with Crippen molar-refractivity contribution in [3.8, 4) is 11.5 Å². The van der Waals surface area contributed by atoms with Gasteiger partial charge in [0.25, 0.3) is 0 Å². The van der Waals surface area contributed by atoms with Gasteiger partial charge in [0.15, 0.2) is 11.5 Å². The van der Waals surface area contributed by atoms with Crippen molar-refractivity contribution in [2.24, 2.45) is 16.7 Å². The van der Waals surface area contributed by atoms with Crippen molar-refractivity contribution in [3.63, 3.8) is 0 Å². The molecule has 2 aliphatic rings. The number of carbonyl (C=O) groups excluding carboxylic acids is 1. The smallest absolute Gasteiger partial charge is 0.504 e. The van der Waals surface area contributed by atoms with Crippen LogP contribution in [0.15, 0.2) is 24.3 Å². The zero-order valence-corrected chi connectivity index (χ0v) is 15.5. The summed E-state index contributed by atoms with van der Waals surface area (Å²) in [6, 6.07) is 3.46. The first kappa shape index (κ1) is 19.6. The predicted molar refractivity (Wildman–Crippen MR) is 92.9 cm³/mol. The number of halogens is 3. The fourth-order valence-corrected chi connectivity index (χ4v) is 4.49. The second kappa shape index (κ2) is 6.46. The normalized spacial score (nSPS) is 29.3. The minimum Gasteiger partial charge on any atom is -0.504 e. The Hall–Kier alpha value is -2.18. The van der Waals surface area contributed by atoms with E-state index >= 15 is 0 Å². The molecule has 0 spiro atoms. The molecule has 2 aliphatic carbocycles. The van der Waals surface area contributed by atoms with Gasteiger partial charge in [0.05, 0.1) is 0 Å². The van der Waals surface area contributed by atoms with Gasteiger partial charge < -0.3 is 14.6 Å². The summed E-state index contributed by atoms with van der Waals surface area (Å²) >= 11 is 0. The third kappa shape index (κ3) is 3.64. The van der Waals surface area contributed by atoms with Crippen LogP contribution in [0.3, 0.4) is 0 Å². The SMILES string of the molecule is CC1(C)[C@@H]2CC[C@@]1(C)[C@@H](OC(=O)/C=C/c1ccc(O)c(OC(F)(F)F)c1)C2. The first-order valence-corrected chi connectivity index (χ1v) is 8.90. The van der Waals surface area contributed by atoms with Crippen molar-refractivity contribution >= 4 is 12.0 Å². The molecule has 148 valence electrons. The Morgan fingerprint density at radius 1 is 1.30 bits per heavy atom. The number of phenolic OH excluding ortho intramolecular Hbond substituents is 1. The molecule has 0 saturated heterocycles. The number of rotatable bonds is 4. The van der Waals surface area contributed by atoms with Gasteiger partial charge in [-0.25, -0.2) is 4.79 Å². The summed E-state index contributed by atoms with van der Waals surface area (Å²) in [4.78, 5) is 12.2. The number of benzene rings is 1. The highest BCUT2D eigenvalue weighted by Gasteiger charge is 2.62. The van der Waals surface area contributed by atoms with Gasteiger partial charge in [-0.05, 0) is 54.4 Å². The van der Waals surface area contributed by atoms with Gasteiger partial charge in [0.2, 0.25) is 0 Å². The summed E-state index contributed by atoms with van der Waals surface area (Å²) in [7, 11) is 0. The molecule has 4 nitrogen and oxygen atoms in total. The van der Waals surface area contributed by atoms with Gasteiger partial charge in [-0.2, -0.15) is 0 Å². The Labute approximate surface area is 156 Å². The van der Waals surface area contributed by atoms with Crippen LogP contribution in [0.2, 0.25) is 0 Å². The third-order valence-corrected chi connectivity index (χ3v) is 6.59. The van der Waals surface area contributed by atoms with Gasteiger partial charge in [-0.1, -0.05) is 26.8 Å². The van der Waals surface area contributed by atoms with Crippen molar-refractivity contribution < 1.29 is 32.5 Å². The highest BCUT2D eigenvalue weighted by atomic mass is 19.4. The van der Waals surface area contributed by atoms with Crippen LogP contribution in [-0.2, 0) is 9.53 Å². The van der Waals surface area contributed by atoms with E-state index in [0.717, 1.165) is 31.4 Å². The minimum atomic E-state index is -4.91. The first-order chi connectivity index (χ1) is 12.4. The molecule has 0 radical (unpaired) electrons. The topological polar surface area (TPSA) is 55.8 Å². The number of carbonyl (C=O) groups is 1. The molecule has 1 aromatic rings. The molecule has 2 fully saturated rings. The van der Waals surface area contributed by atoms with Crippen molar-refractivity contribution in [2.45, 2.75) is 52.5 Å². The molecule has 3 rings (SSSR count). The monoisotopic (exact) mass is 384 g/mol. The van der Waals surface area contributed by atoms with E-state index < -0.39 is 23.8 Å². The van der Waals surface area contributed by atoms with Gasteiger partial charge in [-0.15, -0.1) is 13.2 Å². The van der Waals surface area contributed by atoms with Crippen molar-refractivity contribution in [1.29, 1.82) is 0 Å². The number of fused-ring (bicyclic) bond motifs is 2. The number of ether oxygens (including phenoxy) is 2. The Morgan fingerprint density at radius 2 is 2.00 bits per heavy atom. The number of hydrogen-bond donors (Lipinski definition) is 1. The van der Waals surface area contributed by atoms with E-state index in [4.69, 9.17) is 4.74 Å². The lowest BCUT2D eigenvalue weighted by Gasteiger charge is -2.38. The van der Waals surface area contributed by atoms with Crippen LogP contribution < -0.4 is 4.74 Å². The quantitative estimate of drug-likeness (QED) is 0.582. The predicted octanol–water partition coefficient (Wildman–Crippen LogP) is 5.06. The number of aromatic hydroxyl groups is 1. The molecular weight excluding hydrogens is 361 g/mol. The van der Waals surface area contributed by atoms with E-state index in [1.807, 2.05) is 0 Å². The van der Waals surface area contributed by atoms with E-state index in [2.05, 4.69) is 25.5 Å². The van der Waals surface area contributed by atoms with Crippen molar-refractivity contribution in [1.82, 2.24) is 0 Å². The third-order valence-electron chi connectivity index (χ3n) is 6.59. The maximum atomic E-state index is 12.3. The summed E-state index contributed by atoms with van der Waals surface area (Å²) in [5.41, 5.74) is 0.332. The van der Waals surface area contributed by atoms with Gasteiger partial charge >= 0.3 is 12.3 Å². The van der Waals surface area contributed by atoms with Gasteiger partial charge in [0.1, 0.15) is 6.10 Å². The number of esters is 1. The standard InChI is InChI=1S/C20H23F3O4/c1-18(2)13-8-9-19(18,3)16(11-13)26-17(25)7-5-12-4-6-14(24)15(10-12)27-20(21,22)23/h4-7,10,13,16,24H,8-9,11H2,1-3H3/b7-5+/t13-,16+,19+/m1/s1. The highest BCUT2D eigenvalue weighted by Crippen LogP contribution is 2.66. The summed E-state index contributed by atoms with van der Waals surface area (Å²) < 4.78 is 46.4. The maximum Gasteiger partial charge on any atom is 0.573 e. The van der Waals surface area contributed by atoms with Crippen LogP contribution in [0.5, 0.6) is 11.5 Å². The van der Waals surface area contributed by atoms with Gasteiger partial charge in [0, 0.05) is 11.5 Å². The molecule has 1 aromatic carbocycles. The molecule has 0 unspecified atom stereocenters. The van der Waals surface area contributed by atoms with E-state index in [1.54, 1.807) is 0 Å². The Bertz CT molecular complexity index is 769. The molecule has 2 saturated carbocycles. The van der Waals surface area contributed by atoms with Crippen LogP contribution in [0.1, 0.15) is 45.6 Å². The lowest BCUT2D eigenvalue weighted by molar-refractivity contribution is -0.275. The van der Waals surface area contributed by atoms with Crippen molar-refractivity contribution in [3.05, 3.63) is 29.8 Å². The van der Waals surface area contributed by atoms with E-state index in [0.29, 0.717) is 5.92 Å². The van der Waals surface area contributed by atoms with Crippen LogP contribution in [-0.4, -0.2) is 23.5 Å². The number of alkyl halides is 3. The lowest BCUT2D eigenvalue weighted by Crippen LogP contribution is -2.38.